The molecule has 0 spiro atoms. The Bertz CT molecular complexity index is 618. The average Bonchev–Trinajstić information content (AvgIpc) is 2.74. The molecule has 114 valence electrons. The molecule has 1 aromatic heterocycles. The SMILES string of the molecule is Cc1nc2ccccc2n1CCNC(=O)[C@@H](N)CC(C)C. The number of benzene rings is 1. The summed E-state index contributed by atoms with van der Waals surface area (Å²) >= 11 is 0. The molecule has 0 bridgehead atoms. The summed E-state index contributed by atoms with van der Waals surface area (Å²) in [6.45, 7) is 7.37. The van der Waals surface area contributed by atoms with Crippen LogP contribution in [-0.2, 0) is 11.3 Å². The highest BCUT2D eigenvalue weighted by Crippen LogP contribution is 2.14. The number of nitrogens with two attached hydrogens (primary N) is 1. The van der Waals surface area contributed by atoms with Gasteiger partial charge in [0.15, 0.2) is 0 Å². The Balaban J connectivity index is 1.93. The fourth-order valence-electron chi connectivity index (χ4n) is 2.52. The first-order valence-corrected chi connectivity index (χ1v) is 7.44. The number of nitrogens with zero attached hydrogens (tertiary/aromatic N) is 2. The number of aromatic nitrogens is 2. The third kappa shape index (κ3) is 3.82. The van der Waals surface area contributed by atoms with Gasteiger partial charge in [0.2, 0.25) is 5.91 Å². The molecular formula is C16H24N4O. The van der Waals surface area contributed by atoms with E-state index in [9.17, 15) is 4.79 Å². The van der Waals surface area contributed by atoms with Crippen LogP contribution in [0.1, 0.15) is 26.1 Å². The highest BCUT2D eigenvalue weighted by molar-refractivity contribution is 5.81. The van der Waals surface area contributed by atoms with Crippen LogP contribution in [0.4, 0.5) is 0 Å². The van der Waals surface area contributed by atoms with Crippen molar-refractivity contribution < 1.29 is 4.79 Å². The molecule has 21 heavy (non-hydrogen) atoms. The van der Waals surface area contributed by atoms with Crippen LogP contribution < -0.4 is 11.1 Å². The van der Waals surface area contributed by atoms with Gasteiger partial charge in [-0.3, -0.25) is 4.79 Å². The van der Waals surface area contributed by atoms with Crippen LogP contribution in [0.3, 0.4) is 0 Å². The standard InChI is InChI=1S/C16H24N4O/c1-11(2)10-13(17)16(21)18-8-9-20-12(3)19-14-6-4-5-7-15(14)20/h4-7,11,13H,8-10,17H2,1-3H3,(H,18,21)/t13-/m0/s1. The first-order chi connectivity index (χ1) is 9.99. The van der Waals surface area contributed by atoms with Crippen molar-refractivity contribution in [2.45, 2.75) is 39.8 Å². The molecule has 0 saturated heterocycles. The van der Waals surface area contributed by atoms with E-state index in [0.717, 1.165) is 16.9 Å². The second kappa shape index (κ2) is 6.72. The molecule has 1 heterocycles. The molecule has 5 heteroatoms. The van der Waals surface area contributed by atoms with Crippen molar-refractivity contribution >= 4 is 16.9 Å². The van der Waals surface area contributed by atoms with Crippen molar-refractivity contribution in [3.05, 3.63) is 30.1 Å². The second-order valence-corrected chi connectivity index (χ2v) is 5.83. The Hall–Kier alpha value is -1.88. The van der Waals surface area contributed by atoms with Crippen LogP contribution in [-0.4, -0.2) is 28.0 Å². The van der Waals surface area contributed by atoms with Gasteiger partial charge in [0, 0.05) is 13.1 Å². The maximum absolute atomic E-state index is 11.9. The van der Waals surface area contributed by atoms with Crippen molar-refractivity contribution in [3.63, 3.8) is 0 Å². The van der Waals surface area contributed by atoms with Gasteiger partial charge in [0.1, 0.15) is 5.82 Å². The summed E-state index contributed by atoms with van der Waals surface area (Å²) in [6.07, 6.45) is 0.707. The largest absolute Gasteiger partial charge is 0.353 e. The van der Waals surface area contributed by atoms with Crippen molar-refractivity contribution in [2.75, 3.05) is 6.54 Å². The molecule has 1 amide bonds. The number of carbonyl (C=O) groups is 1. The molecule has 0 fully saturated rings. The van der Waals surface area contributed by atoms with E-state index >= 15 is 0 Å². The van der Waals surface area contributed by atoms with Crippen LogP contribution >= 0.6 is 0 Å². The number of para-hydroxylation sites is 2. The smallest absolute Gasteiger partial charge is 0.236 e. The summed E-state index contributed by atoms with van der Waals surface area (Å²) in [5.41, 5.74) is 7.94. The molecule has 2 aromatic rings. The third-order valence-electron chi connectivity index (χ3n) is 3.54. The number of hydrogen-bond acceptors (Lipinski definition) is 3. The number of carbonyl (C=O) groups excluding carboxylic acids is 1. The lowest BCUT2D eigenvalue weighted by atomic mass is 10.0. The minimum absolute atomic E-state index is 0.0780. The predicted octanol–water partition coefficient (Wildman–Crippen LogP) is 1.83. The quantitative estimate of drug-likeness (QED) is 0.852. The Labute approximate surface area is 125 Å². The lowest BCUT2D eigenvalue weighted by molar-refractivity contribution is -0.122. The topological polar surface area (TPSA) is 72.9 Å². The van der Waals surface area contributed by atoms with Crippen LogP contribution in [0.2, 0.25) is 0 Å². The van der Waals surface area contributed by atoms with Crippen LogP contribution in [0.25, 0.3) is 11.0 Å². The fraction of sp³-hybridized carbons (Fsp3) is 0.500. The number of amides is 1. The number of rotatable bonds is 6. The number of fused-ring (bicyclic) bond motifs is 1. The zero-order valence-corrected chi connectivity index (χ0v) is 13.0. The minimum atomic E-state index is -0.425. The lowest BCUT2D eigenvalue weighted by Crippen LogP contribution is -2.42. The highest BCUT2D eigenvalue weighted by Gasteiger charge is 2.14. The third-order valence-corrected chi connectivity index (χ3v) is 3.54. The van der Waals surface area contributed by atoms with Crippen molar-refractivity contribution in [1.29, 1.82) is 0 Å². The Morgan fingerprint density at radius 1 is 1.38 bits per heavy atom. The Morgan fingerprint density at radius 3 is 2.81 bits per heavy atom. The van der Waals surface area contributed by atoms with E-state index in [2.05, 4.69) is 28.7 Å². The summed E-state index contributed by atoms with van der Waals surface area (Å²) in [5, 5.41) is 2.91. The van der Waals surface area contributed by atoms with Gasteiger partial charge in [-0.15, -0.1) is 0 Å². The van der Waals surface area contributed by atoms with Crippen LogP contribution in [0.5, 0.6) is 0 Å². The highest BCUT2D eigenvalue weighted by atomic mass is 16.2. The van der Waals surface area contributed by atoms with Gasteiger partial charge < -0.3 is 15.6 Å². The van der Waals surface area contributed by atoms with Gasteiger partial charge in [-0.05, 0) is 31.4 Å². The maximum atomic E-state index is 11.9. The molecule has 0 radical (unpaired) electrons. The van der Waals surface area contributed by atoms with E-state index in [-0.39, 0.29) is 5.91 Å². The van der Waals surface area contributed by atoms with E-state index in [1.165, 1.54) is 0 Å². The van der Waals surface area contributed by atoms with Gasteiger partial charge in [-0.1, -0.05) is 26.0 Å². The normalized spacial score (nSPS) is 12.8. The molecule has 0 aliphatic carbocycles. The minimum Gasteiger partial charge on any atom is -0.353 e. The van der Waals surface area contributed by atoms with Gasteiger partial charge in [-0.25, -0.2) is 4.98 Å². The van der Waals surface area contributed by atoms with Gasteiger partial charge in [-0.2, -0.15) is 0 Å². The fourth-order valence-corrected chi connectivity index (χ4v) is 2.52. The Morgan fingerprint density at radius 2 is 2.10 bits per heavy atom. The zero-order valence-electron chi connectivity index (χ0n) is 13.0. The summed E-state index contributed by atoms with van der Waals surface area (Å²) in [4.78, 5) is 16.4. The van der Waals surface area contributed by atoms with E-state index < -0.39 is 6.04 Å². The zero-order chi connectivity index (χ0) is 15.4. The number of aryl methyl sites for hydroxylation is 1. The molecule has 5 nitrogen and oxygen atoms in total. The second-order valence-electron chi connectivity index (χ2n) is 5.83. The van der Waals surface area contributed by atoms with E-state index in [1.54, 1.807) is 0 Å². The molecule has 0 saturated carbocycles. The van der Waals surface area contributed by atoms with Gasteiger partial charge in [0.05, 0.1) is 17.1 Å². The van der Waals surface area contributed by atoms with Crippen molar-refractivity contribution in [2.24, 2.45) is 11.7 Å². The summed E-state index contributed by atoms with van der Waals surface area (Å²) < 4.78 is 2.11. The number of nitrogens with one attached hydrogen (secondary N) is 1. The predicted molar refractivity (Wildman–Crippen MR) is 84.9 cm³/mol. The molecule has 0 aliphatic heterocycles. The first kappa shape index (κ1) is 15.5. The molecule has 0 aliphatic rings. The molecule has 1 aromatic carbocycles. The Kier molecular flexibility index (Phi) is 4.96. The molecule has 1 atom stereocenters. The van der Waals surface area contributed by atoms with Crippen molar-refractivity contribution in [1.82, 2.24) is 14.9 Å². The maximum Gasteiger partial charge on any atom is 0.236 e. The van der Waals surface area contributed by atoms with Crippen LogP contribution in [0, 0.1) is 12.8 Å². The molecule has 2 rings (SSSR count). The van der Waals surface area contributed by atoms with Crippen molar-refractivity contribution in [3.8, 4) is 0 Å². The van der Waals surface area contributed by atoms with E-state index in [4.69, 9.17) is 5.73 Å². The number of imidazole rings is 1. The van der Waals surface area contributed by atoms with Gasteiger partial charge >= 0.3 is 0 Å². The molecule has 0 unspecified atom stereocenters. The lowest BCUT2D eigenvalue weighted by Gasteiger charge is -2.14. The summed E-state index contributed by atoms with van der Waals surface area (Å²) in [7, 11) is 0. The first-order valence-electron chi connectivity index (χ1n) is 7.44. The number of hydrogen-bond donors (Lipinski definition) is 2. The van der Waals surface area contributed by atoms with Crippen LogP contribution in [0.15, 0.2) is 24.3 Å². The average molecular weight is 288 g/mol. The summed E-state index contributed by atoms with van der Waals surface area (Å²) in [6, 6.07) is 7.59. The summed E-state index contributed by atoms with van der Waals surface area (Å²) in [5.74, 6) is 1.30. The van der Waals surface area contributed by atoms with Gasteiger partial charge in [0.25, 0.3) is 0 Å². The molecule has 3 N–H and O–H groups in total. The van der Waals surface area contributed by atoms with E-state index in [0.29, 0.717) is 25.4 Å². The monoisotopic (exact) mass is 288 g/mol. The van der Waals surface area contributed by atoms with E-state index in [1.807, 2.05) is 31.2 Å². The molecular weight excluding hydrogens is 264 g/mol.